The van der Waals surface area contributed by atoms with Crippen LogP contribution in [0.15, 0.2) is 55.1 Å². The van der Waals surface area contributed by atoms with E-state index in [-0.39, 0.29) is 19.0 Å². The van der Waals surface area contributed by atoms with Gasteiger partial charge in [0.05, 0.1) is 12.6 Å². The number of hydrogen-bond donors (Lipinski definition) is 6. The van der Waals surface area contributed by atoms with Crippen LogP contribution in [0.25, 0.3) is 5.70 Å². The van der Waals surface area contributed by atoms with Crippen molar-refractivity contribution in [1.82, 2.24) is 21.0 Å². The molecule has 1 aliphatic rings. The fourth-order valence-electron chi connectivity index (χ4n) is 4.05. The number of hydroxylamine groups is 1. The number of likely N-dealkylation sites (tertiary alicyclic amines) is 1. The molecule has 0 radical (unpaired) electrons. The summed E-state index contributed by atoms with van der Waals surface area (Å²) in [4.78, 5) is 36.8. The average Bonchev–Trinajstić information content (AvgIpc) is 3.36. The summed E-state index contributed by atoms with van der Waals surface area (Å²) < 4.78 is 37.2. The molecule has 2 aromatic carbocycles. The molecule has 3 amide bonds. The molecule has 1 heterocycles. The Morgan fingerprint density at radius 3 is 2.20 bits per heavy atom. The first-order chi connectivity index (χ1) is 19.3. The molecule has 1 aliphatic heterocycles. The molecule has 0 bridgehead atoms. The average molecular weight is 574 g/mol. The first kappa shape index (κ1) is 31.2. The number of aliphatic hydroxyl groups excluding tert-OH is 1. The molecule has 0 aliphatic carbocycles. The largest absolute Gasteiger partial charge is 0.471 e. The summed E-state index contributed by atoms with van der Waals surface area (Å²) in [6.45, 7) is 5.78. The zero-order chi connectivity index (χ0) is 30.2. The zero-order valence-corrected chi connectivity index (χ0v) is 22.1. The van der Waals surface area contributed by atoms with Gasteiger partial charge in [0.2, 0.25) is 5.91 Å². The first-order valence-electron chi connectivity index (χ1n) is 12.6. The number of amides is 3. The van der Waals surface area contributed by atoms with E-state index in [1.54, 1.807) is 53.4 Å². The number of carbonyl (C=O) groups excluding carboxylic acids is 3. The molecule has 41 heavy (non-hydrogen) atoms. The van der Waals surface area contributed by atoms with Gasteiger partial charge in [0.25, 0.3) is 5.91 Å². The normalized spacial score (nSPS) is 16.5. The van der Waals surface area contributed by atoms with Crippen LogP contribution in [0.2, 0.25) is 0 Å². The number of carbonyl (C=O) groups is 3. The van der Waals surface area contributed by atoms with Crippen LogP contribution in [0, 0.1) is 11.8 Å². The second-order valence-electron chi connectivity index (χ2n) is 9.46. The van der Waals surface area contributed by atoms with Crippen LogP contribution >= 0.6 is 0 Å². The number of rotatable bonds is 9. The van der Waals surface area contributed by atoms with E-state index in [0.717, 1.165) is 0 Å². The lowest BCUT2D eigenvalue weighted by Crippen LogP contribution is -2.48. The summed E-state index contributed by atoms with van der Waals surface area (Å²) in [6.07, 6.45) is -5.69. The Morgan fingerprint density at radius 2 is 1.66 bits per heavy atom. The van der Waals surface area contributed by atoms with Gasteiger partial charge in [0.15, 0.2) is 0 Å². The lowest BCUT2D eigenvalue weighted by atomic mass is 10.1. The minimum atomic E-state index is -4.94. The minimum absolute atomic E-state index is 0.0216. The minimum Gasteiger partial charge on any atom is -0.391 e. The molecular weight excluding hydrogens is 543 g/mol. The van der Waals surface area contributed by atoms with Crippen LogP contribution in [-0.4, -0.2) is 76.9 Å². The standard InChI is InChI=1S/C28H30F3N5O5/c1-17(32-25(18(2)37)26(39)35-41)21-9-5-19(6-10-21)3-4-20-7-11-22(12-8-20)33-24(38)16-36-14-13-23(15-36)34-27(40)28(29,30)31/h5-12,18,23,25,32,37,41H,1,13-16H2,2H3,(H,33,38)(H,34,40)(H,35,39)/t18-,23-,25+/m1/s1. The summed E-state index contributed by atoms with van der Waals surface area (Å²) in [6, 6.07) is 12.0. The molecular formula is C28H30F3N5O5. The van der Waals surface area contributed by atoms with Gasteiger partial charge in [-0.25, -0.2) is 5.48 Å². The van der Waals surface area contributed by atoms with Crippen molar-refractivity contribution in [2.24, 2.45) is 0 Å². The highest BCUT2D eigenvalue weighted by Gasteiger charge is 2.40. The van der Waals surface area contributed by atoms with Crippen LogP contribution in [-0.2, 0) is 14.4 Å². The van der Waals surface area contributed by atoms with Gasteiger partial charge >= 0.3 is 12.1 Å². The molecule has 0 unspecified atom stereocenters. The Balaban J connectivity index is 1.49. The molecule has 0 saturated carbocycles. The quantitative estimate of drug-likeness (QED) is 0.152. The van der Waals surface area contributed by atoms with Crippen molar-refractivity contribution in [2.45, 2.75) is 37.7 Å². The van der Waals surface area contributed by atoms with Crippen LogP contribution in [0.5, 0.6) is 0 Å². The highest BCUT2D eigenvalue weighted by molar-refractivity contribution is 5.92. The Bertz CT molecular complexity index is 1320. The summed E-state index contributed by atoms with van der Waals surface area (Å²) in [5.74, 6) is 2.92. The Morgan fingerprint density at radius 1 is 1.07 bits per heavy atom. The number of alkyl halides is 3. The molecule has 3 atom stereocenters. The van der Waals surface area contributed by atoms with Crippen LogP contribution in [0.3, 0.4) is 0 Å². The monoisotopic (exact) mass is 573 g/mol. The molecule has 218 valence electrons. The summed E-state index contributed by atoms with van der Waals surface area (Å²) >= 11 is 0. The maximum Gasteiger partial charge on any atom is 0.471 e. The second kappa shape index (κ2) is 13.8. The predicted octanol–water partition coefficient (Wildman–Crippen LogP) is 1.59. The number of nitrogens with one attached hydrogen (secondary N) is 4. The highest BCUT2D eigenvalue weighted by Crippen LogP contribution is 2.17. The van der Waals surface area contributed by atoms with E-state index in [1.165, 1.54) is 12.4 Å². The van der Waals surface area contributed by atoms with Crippen molar-refractivity contribution in [3.63, 3.8) is 0 Å². The molecule has 1 fully saturated rings. The highest BCUT2D eigenvalue weighted by atomic mass is 19.4. The number of aliphatic hydroxyl groups is 1. The second-order valence-corrected chi connectivity index (χ2v) is 9.46. The van der Waals surface area contributed by atoms with E-state index in [1.807, 2.05) is 5.32 Å². The zero-order valence-electron chi connectivity index (χ0n) is 22.1. The Hall–Kier alpha value is -4.38. The van der Waals surface area contributed by atoms with E-state index in [9.17, 15) is 32.7 Å². The SMILES string of the molecule is C=C(N[C@H](C(=O)NO)[C@@H](C)O)c1ccc(C#Cc2ccc(NC(=O)CN3CC[C@@H](NC(=O)C(F)(F)F)C3)cc2)cc1. The van der Waals surface area contributed by atoms with Gasteiger partial charge in [-0.1, -0.05) is 30.6 Å². The number of nitrogens with zero attached hydrogens (tertiary/aromatic N) is 1. The maximum absolute atomic E-state index is 12.4. The molecule has 0 spiro atoms. The fourth-order valence-corrected chi connectivity index (χ4v) is 4.05. The van der Waals surface area contributed by atoms with E-state index in [0.29, 0.717) is 41.0 Å². The van der Waals surface area contributed by atoms with Gasteiger partial charge in [0, 0.05) is 41.6 Å². The Labute approximate surface area is 234 Å². The van der Waals surface area contributed by atoms with Crippen molar-refractivity contribution in [2.75, 3.05) is 25.0 Å². The van der Waals surface area contributed by atoms with E-state index >= 15 is 0 Å². The third-order valence-corrected chi connectivity index (χ3v) is 6.19. The van der Waals surface area contributed by atoms with E-state index in [4.69, 9.17) is 5.21 Å². The molecule has 3 rings (SSSR count). The summed E-state index contributed by atoms with van der Waals surface area (Å²) in [5.41, 5.74) is 4.45. The van der Waals surface area contributed by atoms with Gasteiger partial charge in [-0.05, 0) is 55.3 Å². The summed E-state index contributed by atoms with van der Waals surface area (Å²) in [7, 11) is 0. The van der Waals surface area contributed by atoms with Crippen LogP contribution < -0.4 is 21.4 Å². The van der Waals surface area contributed by atoms with Gasteiger partial charge in [-0.15, -0.1) is 0 Å². The molecule has 1 saturated heterocycles. The number of benzene rings is 2. The molecule has 10 nitrogen and oxygen atoms in total. The number of anilines is 1. The van der Waals surface area contributed by atoms with E-state index in [2.05, 4.69) is 29.1 Å². The van der Waals surface area contributed by atoms with Gasteiger partial charge in [-0.3, -0.25) is 24.5 Å². The number of hydrogen-bond acceptors (Lipinski definition) is 7. The van der Waals surface area contributed by atoms with Crippen molar-refractivity contribution < 1.29 is 37.9 Å². The lowest BCUT2D eigenvalue weighted by molar-refractivity contribution is -0.174. The third-order valence-electron chi connectivity index (χ3n) is 6.19. The lowest BCUT2D eigenvalue weighted by Gasteiger charge is -2.21. The van der Waals surface area contributed by atoms with Crippen LogP contribution in [0.4, 0.5) is 18.9 Å². The maximum atomic E-state index is 12.4. The number of halogens is 3. The van der Waals surface area contributed by atoms with Gasteiger partial charge in [0.1, 0.15) is 6.04 Å². The topological polar surface area (TPSA) is 143 Å². The molecule has 13 heteroatoms. The predicted molar refractivity (Wildman–Crippen MR) is 144 cm³/mol. The Kier molecular flexibility index (Phi) is 10.5. The van der Waals surface area contributed by atoms with Crippen molar-refractivity contribution in [3.05, 3.63) is 71.8 Å². The van der Waals surface area contributed by atoms with Gasteiger partial charge < -0.3 is 21.1 Å². The van der Waals surface area contributed by atoms with Crippen molar-refractivity contribution >= 4 is 29.1 Å². The van der Waals surface area contributed by atoms with E-state index < -0.39 is 36.2 Å². The molecule has 2 aromatic rings. The summed E-state index contributed by atoms with van der Waals surface area (Å²) in [5, 5.41) is 26.0. The first-order valence-corrected chi connectivity index (χ1v) is 12.6. The van der Waals surface area contributed by atoms with Crippen molar-refractivity contribution in [1.29, 1.82) is 0 Å². The molecule has 0 aromatic heterocycles. The van der Waals surface area contributed by atoms with Crippen LogP contribution in [0.1, 0.15) is 30.0 Å². The molecule has 6 N–H and O–H groups in total. The smallest absolute Gasteiger partial charge is 0.391 e. The van der Waals surface area contributed by atoms with Crippen molar-refractivity contribution in [3.8, 4) is 11.8 Å². The van der Waals surface area contributed by atoms with Gasteiger partial charge in [-0.2, -0.15) is 13.2 Å². The fraction of sp³-hybridized carbons (Fsp3) is 0.321. The third kappa shape index (κ3) is 9.35.